The summed E-state index contributed by atoms with van der Waals surface area (Å²) in [6.07, 6.45) is 2.81. The Kier molecular flexibility index (Phi) is 5.76. The lowest BCUT2D eigenvalue weighted by molar-refractivity contribution is -0.130. The van der Waals surface area contributed by atoms with E-state index in [2.05, 4.69) is 4.99 Å². The molecule has 0 fully saturated rings. The number of esters is 1. The first-order chi connectivity index (χ1) is 13.1. The lowest BCUT2D eigenvalue weighted by Gasteiger charge is -2.07. The smallest absolute Gasteiger partial charge is 0.363 e. The molecule has 0 unspecified atom stereocenters. The fourth-order valence-electron chi connectivity index (χ4n) is 2.80. The van der Waals surface area contributed by atoms with E-state index < -0.39 is 5.97 Å². The number of nitrogens with zero attached hydrogens (tertiary/aromatic N) is 1. The predicted octanol–water partition coefficient (Wildman–Crippen LogP) is 3.64. The van der Waals surface area contributed by atoms with Crippen molar-refractivity contribution < 1.29 is 23.7 Å². The first-order valence-corrected chi connectivity index (χ1v) is 8.50. The Labute approximate surface area is 158 Å². The zero-order chi connectivity index (χ0) is 19.2. The number of carbonyl (C=O) groups is 1. The number of cyclic esters (lactones) is 1. The SMILES string of the molecule is COc1ccc(/C=C2/N=C(CCc3ccccc3OC)OC2=O)c(OC)c1. The molecule has 6 heteroatoms. The van der Waals surface area contributed by atoms with Gasteiger partial charge in [0.05, 0.1) is 21.3 Å². The molecule has 2 aromatic rings. The minimum Gasteiger partial charge on any atom is -0.497 e. The molecule has 0 spiro atoms. The minimum absolute atomic E-state index is 0.244. The maximum atomic E-state index is 12.2. The van der Waals surface area contributed by atoms with Gasteiger partial charge in [0.15, 0.2) is 11.6 Å². The van der Waals surface area contributed by atoms with E-state index >= 15 is 0 Å². The molecule has 0 aliphatic carbocycles. The molecule has 0 radical (unpaired) electrons. The van der Waals surface area contributed by atoms with E-state index in [-0.39, 0.29) is 5.70 Å². The number of aryl methyl sites for hydroxylation is 1. The molecule has 0 atom stereocenters. The largest absolute Gasteiger partial charge is 0.497 e. The van der Waals surface area contributed by atoms with Crippen LogP contribution in [0.5, 0.6) is 17.2 Å². The van der Waals surface area contributed by atoms with Crippen LogP contribution in [0.2, 0.25) is 0 Å². The molecule has 2 aromatic carbocycles. The molecule has 27 heavy (non-hydrogen) atoms. The summed E-state index contributed by atoms with van der Waals surface area (Å²) in [5.41, 5.74) is 2.00. The fourth-order valence-corrected chi connectivity index (χ4v) is 2.80. The fraction of sp³-hybridized carbons (Fsp3) is 0.238. The lowest BCUT2D eigenvalue weighted by Crippen LogP contribution is -2.05. The van der Waals surface area contributed by atoms with E-state index in [4.69, 9.17) is 18.9 Å². The molecule has 140 valence electrons. The monoisotopic (exact) mass is 367 g/mol. The van der Waals surface area contributed by atoms with Crippen molar-refractivity contribution in [3.8, 4) is 17.2 Å². The van der Waals surface area contributed by atoms with Gasteiger partial charge in [0.2, 0.25) is 0 Å². The average Bonchev–Trinajstić information content (AvgIpc) is 3.06. The summed E-state index contributed by atoms with van der Waals surface area (Å²) in [6, 6.07) is 13.1. The van der Waals surface area contributed by atoms with Gasteiger partial charge in [-0.3, -0.25) is 0 Å². The Hall–Kier alpha value is -3.28. The summed E-state index contributed by atoms with van der Waals surface area (Å²) in [6.45, 7) is 0. The molecule has 3 rings (SSSR count). The van der Waals surface area contributed by atoms with E-state index in [0.717, 1.165) is 16.9 Å². The molecule has 0 aromatic heterocycles. The Morgan fingerprint density at radius 1 is 0.963 bits per heavy atom. The molecule has 1 aliphatic rings. The van der Waals surface area contributed by atoms with Crippen LogP contribution in [0.4, 0.5) is 0 Å². The Bertz CT molecular complexity index is 901. The van der Waals surface area contributed by atoms with Gasteiger partial charge in [-0.25, -0.2) is 9.79 Å². The van der Waals surface area contributed by atoms with Gasteiger partial charge in [0.25, 0.3) is 0 Å². The summed E-state index contributed by atoms with van der Waals surface area (Å²) >= 11 is 0. The van der Waals surface area contributed by atoms with Crippen molar-refractivity contribution in [1.29, 1.82) is 0 Å². The number of carbonyl (C=O) groups excluding carboxylic acids is 1. The second-order valence-electron chi connectivity index (χ2n) is 5.84. The second kappa shape index (κ2) is 8.40. The summed E-state index contributed by atoms with van der Waals surface area (Å²) in [5, 5.41) is 0. The molecule has 0 N–H and O–H groups in total. The predicted molar refractivity (Wildman–Crippen MR) is 102 cm³/mol. The highest BCUT2D eigenvalue weighted by Crippen LogP contribution is 2.28. The number of hydrogen-bond acceptors (Lipinski definition) is 6. The number of benzene rings is 2. The Morgan fingerprint density at radius 2 is 1.74 bits per heavy atom. The van der Waals surface area contributed by atoms with Crippen molar-refractivity contribution in [2.45, 2.75) is 12.8 Å². The third-order valence-electron chi connectivity index (χ3n) is 4.20. The molecule has 6 nitrogen and oxygen atoms in total. The summed E-state index contributed by atoms with van der Waals surface area (Å²) in [5.74, 6) is 1.99. The number of methoxy groups -OCH3 is 3. The quantitative estimate of drug-likeness (QED) is 0.552. The van der Waals surface area contributed by atoms with E-state index in [0.29, 0.717) is 30.2 Å². The third kappa shape index (κ3) is 4.28. The van der Waals surface area contributed by atoms with E-state index in [1.165, 1.54) is 0 Å². The van der Waals surface area contributed by atoms with Gasteiger partial charge in [-0.15, -0.1) is 0 Å². The molecule has 1 heterocycles. The zero-order valence-corrected chi connectivity index (χ0v) is 15.5. The van der Waals surface area contributed by atoms with Crippen LogP contribution < -0.4 is 14.2 Å². The van der Waals surface area contributed by atoms with Crippen molar-refractivity contribution in [3.05, 3.63) is 59.3 Å². The van der Waals surface area contributed by atoms with Crippen LogP contribution in [-0.4, -0.2) is 33.2 Å². The molecular formula is C21H21NO5. The maximum Gasteiger partial charge on any atom is 0.363 e. The molecule has 0 amide bonds. The first kappa shape index (κ1) is 18.5. The number of hydrogen-bond donors (Lipinski definition) is 0. The number of aliphatic imine (C=N–C) groups is 1. The Morgan fingerprint density at radius 3 is 2.48 bits per heavy atom. The summed E-state index contributed by atoms with van der Waals surface area (Å²) < 4.78 is 21.2. The normalized spacial score (nSPS) is 14.7. The van der Waals surface area contributed by atoms with Crippen LogP contribution in [0.15, 0.2) is 53.2 Å². The third-order valence-corrected chi connectivity index (χ3v) is 4.20. The van der Waals surface area contributed by atoms with Crippen molar-refractivity contribution >= 4 is 17.9 Å². The van der Waals surface area contributed by atoms with Crippen LogP contribution in [0.1, 0.15) is 17.5 Å². The van der Waals surface area contributed by atoms with Crippen LogP contribution in [0, 0.1) is 0 Å². The molecule has 0 saturated carbocycles. The molecule has 0 bridgehead atoms. The molecular weight excluding hydrogens is 346 g/mol. The molecule has 1 aliphatic heterocycles. The van der Waals surface area contributed by atoms with Gasteiger partial charge in [-0.2, -0.15) is 0 Å². The summed E-state index contributed by atoms with van der Waals surface area (Å²) in [7, 11) is 4.78. The van der Waals surface area contributed by atoms with E-state index in [9.17, 15) is 4.79 Å². The second-order valence-corrected chi connectivity index (χ2v) is 5.84. The standard InChI is InChI=1S/C21H21NO5/c1-24-16-10-8-15(19(13-16)26-3)12-17-21(23)27-20(22-17)11-9-14-6-4-5-7-18(14)25-2/h4-8,10,12-13H,9,11H2,1-3H3/b17-12+. The van der Waals surface area contributed by atoms with Gasteiger partial charge in [-0.05, 0) is 36.3 Å². The van der Waals surface area contributed by atoms with Gasteiger partial charge in [-0.1, -0.05) is 18.2 Å². The van der Waals surface area contributed by atoms with E-state index in [1.807, 2.05) is 24.3 Å². The van der Waals surface area contributed by atoms with Crippen LogP contribution in [-0.2, 0) is 16.0 Å². The highest BCUT2D eigenvalue weighted by Gasteiger charge is 2.23. The van der Waals surface area contributed by atoms with Gasteiger partial charge < -0.3 is 18.9 Å². The highest BCUT2D eigenvalue weighted by atomic mass is 16.6. The van der Waals surface area contributed by atoms with Crippen molar-refractivity contribution in [3.63, 3.8) is 0 Å². The van der Waals surface area contributed by atoms with Gasteiger partial charge in [0.1, 0.15) is 17.2 Å². The Balaban J connectivity index is 1.77. The number of ether oxygens (including phenoxy) is 4. The zero-order valence-electron chi connectivity index (χ0n) is 15.5. The first-order valence-electron chi connectivity index (χ1n) is 8.50. The van der Waals surface area contributed by atoms with E-state index in [1.54, 1.807) is 45.6 Å². The molecule has 0 saturated heterocycles. The number of para-hydroxylation sites is 1. The number of rotatable bonds is 7. The lowest BCUT2D eigenvalue weighted by atomic mass is 10.1. The van der Waals surface area contributed by atoms with Crippen molar-refractivity contribution in [2.75, 3.05) is 21.3 Å². The van der Waals surface area contributed by atoms with Crippen molar-refractivity contribution in [2.24, 2.45) is 4.99 Å². The van der Waals surface area contributed by atoms with Crippen LogP contribution >= 0.6 is 0 Å². The van der Waals surface area contributed by atoms with Crippen LogP contribution in [0.3, 0.4) is 0 Å². The van der Waals surface area contributed by atoms with Gasteiger partial charge in [0, 0.05) is 18.1 Å². The highest BCUT2D eigenvalue weighted by molar-refractivity contribution is 6.07. The minimum atomic E-state index is -0.470. The van der Waals surface area contributed by atoms with Crippen molar-refractivity contribution in [1.82, 2.24) is 0 Å². The average molecular weight is 367 g/mol. The summed E-state index contributed by atoms with van der Waals surface area (Å²) in [4.78, 5) is 16.5. The van der Waals surface area contributed by atoms with Gasteiger partial charge >= 0.3 is 5.97 Å². The maximum absolute atomic E-state index is 12.2. The van der Waals surface area contributed by atoms with Crippen LogP contribution in [0.25, 0.3) is 6.08 Å². The topological polar surface area (TPSA) is 66.3 Å².